The molecule has 4 N–H and O–H groups in total. The number of amides is 11. The molecular weight excluding hydrogens is 1240 g/mol. The van der Waals surface area contributed by atoms with Gasteiger partial charge in [0.25, 0.3) is 5.91 Å². The molecule has 4 rings (SSSR count). The highest BCUT2D eigenvalue weighted by atomic mass is 32.2. The second-order valence-corrected chi connectivity index (χ2v) is 29.1. The highest BCUT2D eigenvalue weighted by molar-refractivity contribution is 7.92. The van der Waals surface area contributed by atoms with Crippen LogP contribution in [0.3, 0.4) is 0 Å². The van der Waals surface area contributed by atoms with E-state index in [1.54, 1.807) is 93.3 Å². The minimum absolute atomic E-state index is 0.0482. The Morgan fingerprint density at radius 1 is 0.600 bits per heavy atom. The number of nitrogens with one attached hydrogen (secondary N) is 3. The zero-order valence-electron chi connectivity index (χ0n) is 59.4. The van der Waals surface area contributed by atoms with E-state index in [-0.39, 0.29) is 44.1 Å². The maximum Gasteiger partial charge on any atom is 0.272 e. The fraction of sp³-hybridized carbons (Fsp3) is 0.667. The van der Waals surface area contributed by atoms with Crippen LogP contribution in [-0.4, -0.2) is 267 Å². The molecule has 2 fully saturated rings. The van der Waals surface area contributed by atoms with Gasteiger partial charge < -0.3 is 69.5 Å². The van der Waals surface area contributed by atoms with Crippen LogP contribution in [0, 0.1) is 17.8 Å². The summed E-state index contributed by atoms with van der Waals surface area (Å²) < 4.78 is 20.7. The van der Waals surface area contributed by atoms with Gasteiger partial charge in [-0.15, -0.1) is 0 Å². The van der Waals surface area contributed by atoms with E-state index in [9.17, 15) is 38.4 Å². The minimum atomic E-state index is -2.19. The first-order valence-electron chi connectivity index (χ1n) is 33.2. The average Bonchev–Trinajstić information content (AvgIpc) is 0.824. The SMILES string of the molecule is CC[C@H](C)[C@H]1C(=O)N[C@H](C(=O)N2CCCCC2)C[S+]([O-])CC(=O)N(C)[C@@H](Cc2ccccc2)C(=O)N(C)[C@@H](C)C(=O)N(C)[C@@H](Cc2ccccc2)C(=O)N(C)[C@@H](CC(C)C)C(=O)N[C@@H]([C@@H](C)O)C(=O)N(C)CC(=O)N(C)[C@@H](CC(C)C)C(=O)N[C@@H](COC(C)(C)C)C(=O)N1C. The molecule has 2 aliphatic heterocycles. The number of aliphatic hydroxyl groups excluding tert-OH is 1. The summed E-state index contributed by atoms with van der Waals surface area (Å²) in [5.74, 6) is -10.4. The third-order valence-corrected chi connectivity index (χ3v) is 19.2. The Hall–Kier alpha value is -7.16. The van der Waals surface area contributed by atoms with Crippen LogP contribution in [0.4, 0.5) is 0 Å². The highest BCUT2D eigenvalue weighted by Gasteiger charge is 2.44. The molecule has 530 valence electrons. The van der Waals surface area contributed by atoms with Gasteiger partial charge in [0.05, 0.1) is 24.9 Å². The van der Waals surface area contributed by atoms with Crippen LogP contribution < -0.4 is 16.0 Å². The molecule has 11 amide bonds. The first-order chi connectivity index (χ1) is 44.4. The molecule has 0 aliphatic carbocycles. The van der Waals surface area contributed by atoms with Gasteiger partial charge in [0, 0.05) is 75.3 Å². The predicted molar refractivity (Wildman–Crippen MR) is 363 cm³/mol. The molecule has 0 saturated carbocycles. The van der Waals surface area contributed by atoms with Crippen molar-refractivity contribution in [2.24, 2.45) is 17.8 Å². The zero-order chi connectivity index (χ0) is 71.5. The normalized spacial score (nSPS) is 26.1. The van der Waals surface area contributed by atoms with E-state index < -0.39 is 166 Å². The molecule has 0 radical (unpaired) electrons. The number of hydrogen-bond acceptors (Lipinski definition) is 14. The fourth-order valence-electron chi connectivity index (χ4n) is 11.7. The van der Waals surface area contributed by atoms with Crippen molar-refractivity contribution in [2.75, 3.05) is 87.1 Å². The highest BCUT2D eigenvalue weighted by Crippen LogP contribution is 2.23. The first kappa shape index (κ1) is 80.3. The minimum Gasteiger partial charge on any atom is -0.616 e. The van der Waals surface area contributed by atoms with Gasteiger partial charge in [-0.1, -0.05) is 109 Å². The molecule has 2 saturated heterocycles. The lowest BCUT2D eigenvalue weighted by Gasteiger charge is -2.38. The molecule has 25 nitrogen and oxygen atoms in total. The molecular formula is C69H109N11O14S. The zero-order valence-corrected chi connectivity index (χ0v) is 60.2. The van der Waals surface area contributed by atoms with E-state index in [2.05, 4.69) is 16.0 Å². The number of benzene rings is 2. The monoisotopic (exact) mass is 1350 g/mol. The summed E-state index contributed by atoms with van der Waals surface area (Å²) in [5.41, 5.74) is 0.446. The van der Waals surface area contributed by atoms with Gasteiger partial charge in [0.15, 0.2) is 11.8 Å². The Balaban J connectivity index is 1.94. The summed E-state index contributed by atoms with van der Waals surface area (Å²) in [4.78, 5) is 173. The predicted octanol–water partition coefficient (Wildman–Crippen LogP) is 2.48. The van der Waals surface area contributed by atoms with Gasteiger partial charge in [0.2, 0.25) is 59.1 Å². The Kier molecular flexibility index (Phi) is 31.1. The van der Waals surface area contributed by atoms with Crippen molar-refractivity contribution in [3.8, 4) is 0 Å². The van der Waals surface area contributed by atoms with Crippen molar-refractivity contribution in [2.45, 2.75) is 194 Å². The molecule has 1 unspecified atom stereocenters. The van der Waals surface area contributed by atoms with Crippen LogP contribution in [-0.2, 0) is 81.5 Å². The van der Waals surface area contributed by atoms with Gasteiger partial charge in [0.1, 0.15) is 54.1 Å². The Bertz CT molecular complexity index is 2930. The molecule has 2 heterocycles. The first-order valence-corrected chi connectivity index (χ1v) is 34.7. The van der Waals surface area contributed by atoms with Gasteiger partial charge >= 0.3 is 0 Å². The Labute approximate surface area is 566 Å². The summed E-state index contributed by atoms with van der Waals surface area (Å²) in [6, 6.07) is 5.37. The number of ether oxygens (including phenoxy) is 1. The number of piperidine rings is 1. The number of hydrogen-bond donors (Lipinski definition) is 4. The number of rotatable bonds is 14. The van der Waals surface area contributed by atoms with E-state index in [0.717, 1.165) is 21.1 Å². The van der Waals surface area contributed by atoms with Crippen molar-refractivity contribution in [3.63, 3.8) is 0 Å². The average molecular weight is 1350 g/mol. The van der Waals surface area contributed by atoms with E-state index in [0.29, 0.717) is 43.5 Å². The van der Waals surface area contributed by atoms with Crippen LogP contribution in [0.1, 0.15) is 126 Å². The third kappa shape index (κ3) is 23.0. The number of carbonyl (C=O) groups excluding carboxylic acids is 11. The van der Waals surface area contributed by atoms with Crippen LogP contribution in [0.15, 0.2) is 60.7 Å². The van der Waals surface area contributed by atoms with Gasteiger partial charge in [-0.05, 0) is 107 Å². The van der Waals surface area contributed by atoms with Crippen LogP contribution in [0.5, 0.6) is 0 Å². The fourth-order valence-corrected chi connectivity index (χ4v) is 12.9. The quantitative estimate of drug-likeness (QED) is 0.198. The lowest BCUT2D eigenvalue weighted by atomic mass is 9.95. The molecule has 0 spiro atoms. The molecule has 2 aromatic carbocycles. The lowest BCUT2D eigenvalue weighted by Crippen LogP contribution is -2.62. The van der Waals surface area contributed by atoms with Gasteiger partial charge in [-0.2, -0.15) is 0 Å². The molecule has 2 aromatic rings. The molecule has 2 aliphatic rings. The van der Waals surface area contributed by atoms with Crippen molar-refractivity contribution in [1.29, 1.82) is 0 Å². The second kappa shape index (κ2) is 36.8. The van der Waals surface area contributed by atoms with Crippen LogP contribution in [0.2, 0.25) is 0 Å². The molecule has 26 heteroatoms. The molecule has 12 atom stereocenters. The van der Waals surface area contributed by atoms with Gasteiger partial charge in [-0.25, -0.2) is 0 Å². The summed E-state index contributed by atoms with van der Waals surface area (Å²) in [7, 11) is 9.63. The number of carbonyl (C=O) groups is 11. The summed E-state index contributed by atoms with van der Waals surface area (Å²) in [6.07, 6.45) is 1.03. The topological polar surface area (TPSA) is 302 Å². The summed E-state index contributed by atoms with van der Waals surface area (Å²) >= 11 is -2.19. The summed E-state index contributed by atoms with van der Waals surface area (Å²) in [5, 5.41) is 19.5. The number of likely N-dealkylation sites (tertiary alicyclic amines) is 1. The third-order valence-electron chi connectivity index (χ3n) is 18.0. The summed E-state index contributed by atoms with van der Waals surface area (Å²) in [6.45, 7) is 18.5. The standard InChI is InChI=1S/C69H109N11O14S/c1-19-45(6)59-62(86)71-51(65(89)80-33-27-22-28-34-80)41-95(93)42-57(83)76(15)54(37-48-29-23-20-24-30-48)66(90)74(13)46(7)63(87)78(17)55(38-49-31-25-21-26-32-49)67(91)77(16)53(36-44(4)5)61(85)72-58(47(8)81)68(92)73(12)39-56(82)75(14)52(35-43(2)3)60(84)70-50(64(88)79(59)18)40-94-69(9,10)11/h20-21,23-26,29-32,43-47,50-55,58-59,81H,19,22,27-28,33-42H2,1-18H3,(H,70,84)(H,71,86)(H,72,85)/t45-,46-,47+,50-,51-,52-,53-,54-,55-,58-,59-,95?/m0/s1. The lowest BCUT2D eigenvalue weighted by molar-refractivity contribution is -0.153. The maximum atomic E-state index is 15.2. The van der Waals surface area contributed by atoms with Crippen molar-refractivity contribution in [1.82, 2.24) is 55.1 Å². The molecule has 0 bridgehead atoms. The van der Waals surface area contributed by atoms with Crippen molar-refractivity contribution < 1.29 is 67.1 Å². The number of likely N-dealkylation sites (N-methyl/N-ethyl adjacent to an activating group) is 7. The van der Waals surface area contributed by atoms with E-state index in [1.807, 2.05) is 34.6 Å². The maximum absolute atomic E-state index is 15.2. The van der Waals surface area contributed by atoms with Gasteiger partial charge in [-0.3, -0.25) is 52.7 Å². The van der Waals surface area contributed by atoms with E-state index in [4.69, 9.17) is 4.74 Å². The Morgan fingerprint density at radius 2 is 1.07 bits per heavy atom. The second-order valence-electron chi connectivity index (χ2n) is 27.6. The van der Waals surface area contributed by atoms with Crippen molar-refractivity contribution in [3.05, 3.63) is 71.8 Å². The Morgan fingerprint density at radius 3 is 1.57 bits per heavy atom. The number of aliphatic hydroxyl groups is 1. The molecule has 0 aromatic heterocycles. The smallest absolute Gasteiger partial charge is 0.272 e. The van der Waals surface area contributed by atoms with E-state index in [1.165, 1.54) is 82.8 Å². The van der Waals surface area contributed by atoms with Crippen LogP contribution >= 0.6 is 0 Å². The van der Waals surface area contributed by atoms with Crippen molar-refractivity contribution >= 4 is 76.2 Å². The molecule has 95 heavy (non-hydrogen) atoms. The van der Waals surface area contributed by atoms with Crippen LogP contribution in [0.25, 0.3) is 0 Å². The number of nitrogens with zero attached hydrogens (tertiary/aromatic N) is 8. The van der Waals surface area contributed by atoms with E-state index >= 15 is 24.0 Å². The largest absolute Gasteiger partial charge is 0.616 e.